The fourth-order valence-corrected chi connectivity index (χ4v) is 2.43. The zero-order valence-electron chi connectivity index (χ0n) is 14.0. The molecule has 24 heavy (non-hydrogen) atoms. The van der Waals surface area contributed by atoms with Crippen LogP contribution in [0, 0.1) is 0 Å². The Kier molecular flexibility index (Phi) is 6.38. The lowest BCUT2D eigenvalue weighted by Gasteiger charge is -2.23. The highest BCUT2D eigenvalue weighted by atomic mass is 16.5. The van der Waals surface area contributed by atoms with Crippen molar-refractivity contribution in [2.45, 2.75) is 13.0 Å². The van der Waals surface area contributed by atoms with Crippen molar-refractivity contribution in [2.24, 2.45) is 0 Å². The minimum Gasteiger partial charge on any atom is -0.481 e. The molecule has 0 aliphatic carbocycles. The maximum Gasteiger partial charge on any atom is 0.263 e. The standard InChI is InChI=1S/C21H23NO2/c1-4-15-22(16-5-2)21(23)17(3)24-20-13-11-19(12-14-20)18-9-7-6-8-10-18/h4-14,17H,1-2,15-16H2,3H3. The van der Waals surface area contributed by atoms with Gasteiger partial charge in [0.05, 0.1) is 0 Å². The summed E-state index contributed by atoms with van der Waals surface area (Å²) in [4.78, 5) is 14.1. The number of nitrogens with zero attached hydrogens (tertiary/aromatic N) is 1. The second kappa shape index (κ2) is 8.73. The summed E-state index contributed by atoms with van der Waals surface area (Å²) < 4.78 is 5.78. The molecule has 0 saturated heterocycles. The van der Waals surface area contributed by atoms with E-state index in [1.165, 1.54) is 0 Å². The predicted molar refractivity (Wildman–Crippen MR) is 98.9 cm³/mol. The number of carbonyl (C=O) groups is 1. The minimum atomic E-state index is -0.563. The highest BCUT2D eigenvalue weighted by Crippen LogP contribution is 2.22. The van der Waals surface area contributed by atoms with Crippen LogP contribution in [0.3, 0.4) is 0 Å². The summed E-state index contributed by atoms with van der Waals surface area (Å²) in [5, 5.41) is 0. The van der Waals surface area contributed by atoms with E-state index < -0.39 is 6.10 Å². The highest BCUT2D eigenvalue weighted by Gasteiger charge is 2.20. The molecule has 1 atom stereocenters. The molecule has 0 spiro atoms. The van der Waals surface area contributed by atoms with Crippen molar-refractivity contribution in [3.8, 4) is 16.9 Å². The smallest absolute Gasteiger partial charge is 0.263 e. The maximum atomic E-state index is 12.4. The zero-order chi connectivity index (χ0) is 17.4. The van der Waals surface area contributed by atoms with Crippen LogP contribution in [0.2, 0.25) is 0 Å². The van der Waals surface area contributed by atoms with Crippen molar-refractivity contribution in [3.05, 3.63) is 79.9 Å². The van der Waals surface area contributed by atoms with Gasteiger partial charge in [0.15, 0.2) is 6.10 Å². The predicted octanol–water partition coefficient (Wildman–Crippen LogP) is 4.32. The first-order valence-electron chi connectivity index (χ1n) is 7.98. The van der Waals surface area contributed by atoms with Gasteiger partial charge in [0.2, 0.25) is 0 Å². The topological polar surface area (TPSA) is 29.5 Å². The number of hydrogen-bond acceptors (Lipinski definition) is 2. The van der Waals surface area contributed by atoms with Crippen LogP contribution < -0.4 is 4.74 Å². The number of amides is 1. The summed E-state index contributed by atoms with van der Waals surface area (Å²) in [5.41, 5.74) is 2.26. The molecule has 0 fully saturated rings. The maximum absolute atomic E-state index is 12.4. The zero-order valence-corrected chi connectivity index (χ0v) is 14.0. The van der Waals surface area contributed by atoms with Gasteiger partial charge in [-0.3, -0.25) is 4.79 Å². The van der Waals surface area contributed by atoms with Crippen LogP contribution in [0.1, 0.15) is 6.92 Å². The molecule has 0 bridgehead atoms. The number of rotatable bonds is 8. The van der Waals surface area contributed by atoms with Crippen LogP contribution in [-0.2, 0) is 4.79 Å². The molecule has 124 valence electrons. The Hall–Kier alpha value is -2.81. The molecule has 0 aromatic heterocycles. The first kappa shape index (κ1) is 17.5. The van der Waals surface area contributed by atoms with Crippen molar-refractivity contribution in [3.63, 3.8) is 0 Å². The monoisotopic (exact) mass is 321 g/mol. The Labute approximate surface area is 143 Å². The van der Waals surface area contributed by atoms with Gasteiger partial charge in [0.25, 0.3) is 5.91 Å². The molecule has 2 rings (SSSR count). The van der Waals surface area contributed by atoms with Gasteiger partial charge < -0.3 is 9.64 Å². The molecule has 3 nitrogen and oxygen atoms in total. The number of ether oxygens (including phenoxy) is 1. The van der Waals surface area contributed by atoms with Gasteiger partial charge in [-0.25, -0.2) is 0 Å². The van der Waals surface area contributed by atoms with Crippen molar-refractivity contribution in [1.29, 1.82) is 0 Å². The van der Waals surface area contributed by atoms with Crippen molar-refractivity contribution >= 4 is 5.91 Å². The first-order chi connectivity index (χ1) is 11.7. The third kappa shape index (κ3) is 4.59. The molecule has 0 radical (unpaired) electrons. The lowest BCUT2D eigenvalue weighted by Crippen LogP contribution is -2.40. The molecule has 0 N–H and O–H groups in total. The van der Waals surface area contributed by atoms with Crippen LogP contribution in [0.25, 0.3) is 11.1 Å². The highest BCUT2D eigenvalue weighted by molar-refractivity contribution is 5.81. The summed E-state index contributed by atoms with van der Waals surface area (Å²) in [6.45, 7) is 10.1. The van der Waals surface area contributed by atoms with Gasteiger partial charge >= 0.3 is 0 Å². The number of carbonyl (C=O) groups excluding carboxylic acids is 1. The number of benzene rings is 2. The molecule has 2 aromatic carbocycles. The van der Waals surface area contributed by atoms with E-state index in [1.807, 2.05) is 42.5 Å². The van der Waals surface area contributed by atoms with Gasteiger partial charge in [0.1, 0.15) is 5.75 Å². The Balaban J connectivity index is 2.03. The van der Waals surface area contributed by atoms with E-state index in [1.54, 1.807) is 24.0 Å². The Bertz CT molecular complexity index is 667. The average Bonchev–Trinajstić information content (AvgIpc) is 2.62. The second-order valence-electron chi connectivity index (χ2n) is 5.47. The van der Waals surface area contributed by atoms with Crippen LogP contribution >= 0.6 is 0 Å². The summed E-state index contributed by atoms with van der Waals surface area (Å²) in [6.07, 6.45) is 2.83. The third-order valence-electron chi connectivity index (χ3n) is 3.63. The lowest BCUT2D eigenvalue weighted by molar-refractivity contribution is -0.136. The minimum absolute atomic E-state index is 0.0815. The van der Waals surface area contributed by atoms with Crippen LogP contribution in [-0.4, -0.2) is 30.0 Å². The van der Waals surface area contributed by atoms with E-state index >= 15 is 0 Å². The molecular formula is C21H23NO2. The normalized spacial score (nSPS) is 11.4. The summed E-state index contributed by atoms with van der Waals surface area (Å²) in [5.74, 6) is 0.592. The SMILES string of the molecule is C=CCN(CC=C)C(=O)C(C)Oc1ccc(-c2ccccc2)cc1. The molecule has 2 aromatic rings. The molecule has 0 saturated carbocycles. The first-order valence-corrected chi connectivity index (χ1v) is 7.98. The summed E-state index contributed by atoms with van der Waals surface area (Å²) >= 11 is 0. The van der Waals surface area contributed by atoms with Crippen LogP contribution in [0.4, 0.5) is 0 Å². The summed E-state index contributed by atoms with van der Waals surface area (Å²) in [7, 11) is 0. The van der Waals surface area contributed by atoms with Crippen LogP contribution in [0.5, 0.6) is 5.75 Å². The van der Waals surface area contributed by atoms with E-state index in [0.29, 0.717) is 18.8 Å². The number of hydrogen-bond donors (Lipinski definition) is 0. The Morgan fingerprint density at radius 2 is 1.54 bits per heavy atom. The lowest BCUT2D eigenvalue weighted by atomic mass is 10.1. The van der Waals surface area contributed by atoms with Gasteiger partial charge in [0, 0.05) is 13.1 Å². The molecule has 3 heteroatoms. The van der Waals surface area contributed by atoms with Gasteiger partial charge in [-0.05, 0) is 30.2 Å². The second-order valence-corrected chi connectivity index (χ2v) is 5.47. The van der Waals surface area contributed by atoms with Gasteiger partial charge in [-0.1, -0.05) is 54.6 Å². The van der Waals surface area contributed by atoms with Crippen molar-refractivity contribution in [2.75, 3.05) is 13.1 Å². The fraction of sp³-hybridized carbons (Fsp3) is 0.190. The molecule has 1 amide bonds. The van der Waals surface area contributed by atoms with Gasteiger partial charge in [-0.15, -0.1) is 13.2 Å². The molecule has 0 heterocycles. The summed E-state index contributed by atoms with van der Waals surface area (Å²) in [6, 6.07) is 17.9. The third-order valence-corrected chi connectivity index (χ3v) is 3.63. The Morgan fingerprint density at radius 1 is 1.00 bits per heavy atom. The van der Waals surface area contributed by atoms with Crippen molar-refractivity contribution < 1.29 is 9.53 Å². The van der Waals surface area contributed by atoms with E-state index in [9.17, 15) is 4.79 Å². The molecule has 0 aliphatic heterocycles. The average molecular weight is 321 g/mol. The quantitative estimate of drug-likeness (QED) is 0.678. The van der Waals surface area contributed by atoms with E-state index in [2.05, 4.69) is 25.3 Å². The van der Waals surface area contributed by atoms with Gasteiger partial charge in [-0.2, -0.15) is 0 Å². The fourth-order valence-electron chi connectivity index (χ4n) is 2.43. The van der Waals surface area contributed by atoms with Crippen LogP contribution in [0.15, 0.2) is 79.9 Å². The van der Waals surface area contributed by atoms with E-state index in [-0.39, 0.29) is 5.91 Å². The van der Waals surface area contributed by atoms with E-state index in [0.717, 1.165) is 11.1 Å². The van der Waals surface area contributed by atoms with Crippen molar-refractivity contribution in [1.82, 2.24) is 4.90 Å². The molecule has 1 unspecified atom stereocenters. The molecular weight excluding hydrogens is 298 g/mol. The Morgan fingerprint density at radius 3 is 2.08 bits per heavy atom. The largest absolute Gasteiger partial charge is 0.481 e. The van der Waals surface area contributed by atoms with E-state index in [4.69, 9.17) is 4.74 Å². The molecule has 0 aliphatic rings.